The van der Waals surface area contributed by atoms with Crippen LogP contribution in [0.15, 0.2) is 24.3 Å². The molecule has 1 fully saturated rings. The van der Waals surface area contributed by atoms with Crippen molar-refractivity contribution in [2.45, 2.75) is 32.2 Å². The monoisotopic (exact) mass is 340 g/mol. The van der Waals surface area contributed by atoms with Gasteiger partial charge in [0.1, 0.15) is 5.82 Å². The van der Waals surface area contributed by atoms with Crippen molar-refractivity contribution in [3.63, 3.8) is 0 Å². The van der Waals surface area contributed by atoms with E-state index < -0.39 is 10.8 Å². The van der Waals surface area contributed by atoms with E-state index in [0.29, 0.717) is 30.9 Å². The van der Waals surface area contributed by atoms with E-state index >= 15 is 0 Å². The molecule has 0 radical (unpaired) electrons. The third-order valence-electron chi connectivity index (χ3n) is 4.28. The Kier molecular flexibility index (Phi) is 6.30. The topological polar surface area (TPSA) is 49.4 Å². The molecule has 2 rings (SSSR count). The fourth-order valence-electron chi connectivity index (χ4n) is 2.71. The lowest BCUT2D eigenvalue weighted by Crippen LogP contribution is -2.55. The van der Waals surface area contributed by atoms with E-state index in [4.69, 9.17) is 0 Å². The van der Waals surface area contributed by atoms with Gasteiger partial charge in [-0.1, -0.05) is 12.1 Å². The van der Waals surface area contributed by atoms with Gasteiger partial charge in [-0.3, -0.25) is 13.9 Å². The highest BCUT2D eigenvalue weighted by molar-refractivity contribution is 7.85. The summed E-state index contributed by atoms with van der Waals surface area (Å²) >= 11 is 0. The Morgan fingerprint density at radius 2 is 2.04 bits per heavy atom. The van der Waals surface area contributed by atoms with Gasteiger partial charge in [0.25, 0.3) is 0 Å². The molecule has 1 aliphatic rings. The van der Waals surface area contributed by atoms with Crippen molar-refractivity contribution >= 4 is 16.7 Å². The Bertz CT molecular complexity index is 567. The summed E-state index contributed by atoms with van der Waals surface area (Å²) in [4.78, 5) is 14.3. The molecule has 0 aliphatic carbocycles. The van der Waals surface area contributed by atoms with Crippen LogP contribution in [0, 0.1) is 5.82 Å². The van der Waals surface area contributed by atoms with Crippen molar-refractivity contribution in [2.24, 2.45) is 0 Å². The molecule has 4 nitrogen and oxygen atoms in total. The quantitative estimate of drug-likeness (QED) is 0.858. The maximum absolute atomic E-state index is 13.1. The first-order valence-electron chi connectivity index (χ1n) is 7.98. The van der Waals surface area contributed by atoms with Gasteiger partial charge in [-0.25, -0.2) is 4.39 Å². The molecule has 1 saturated heterocycles. The Morgan fingerprint density at radius 3 is 2.70 bits per heavy atom. The van der Waals surface area contributed by atoms with Crippen LogP contribution < -0.4 is 5.32 Å². The Labute approximate surface area is 139 Å². The molecule has 0 saturated carbocycles. The molecule has 6 heteroatoms. The predicted molar refractivity (Wildman–Crippen MR) is 91.3 cm³/mol. The summed E-state index contributed by atoms with van der Waals surface area (Å²) in [6, 6.07) is 6.35. The highest BCUT2D eigenvalue weighted by Crippen LogP contribution is 2.16. The minimum atomic E-state index is -0.694. The maximum atomic E-state index is 13.1. The number of halogens is 1. The van der Waals surface area contributed by atoms with Crippen molar-refractivity contribution < 1.29 is 13.4 Å². The summed E-state index contributed by atoms with van der Waals surface area (Å²) in [5, 5.41) is 2.97. The molecule has 128 valence electrons. The van der Waals surface area contributed by atoms with Crippen molar-refractivity contribution in [3.8, 4) is 0 Å². The van der Waals surface area contributed by atoms with Gasteiger partial charge in [-0.05, 0) is 38.0 Å². The number of aryl methyl sites for hydroxylation is 1. The van der Waals surface area contributed by atoms with Gasteiger partial charge in [0.2, 0.25) is 5.91 Å². The molecule has 0 aromatic heterocycles. The number of rotatable bonds is 6. The van der Waals surface area contributed by atoms with Gasteiger partial charge in [-0.2, -0.15) is 0 Å². The minimum Gasteiger partial charge on any atom is -0.354 e. The average molecular weight is 340 g/mol. The lowest BCUT2D eigenvalue weighted by molar-refractivity contribution is -0.121. The second-order valence-corrected chi connectivity index (χ2v) is 8.25. The number of nitrogens with zero attached hydrogens (tertiary/aromatic N) is 1. The third kappa shape index (κ3) is 5.70. The zero-order valence-corrected chi connectivity index (χ0v) is 14.6. The van der Waals surface area contributed by atoms with Crippen LogP contribution in [0.1, 0.15) is 25.8 Å². The van der Waals surface area contributed by atoms with E-state index in [1.54, 1.807) is 6.07 Å². The van der Waals surface area contributed by atoms with E-state index in [0.717, 1.165) is 18.7 Å². The van der Waals surface area contributed by atoms with Crippen LogP contribution in [0.25, 0.3) is 0 Å². The first kappa shape index (κ1) is 18.1. The van der Waals surface area contributed by atoms with Crippen LogP contribution in [0.4, 0.5) is 4.39 Å². The van der Waals surface area contributed by atoms with Crippen LogP contribution in [0.2, 0.25) is 0 Å². The summed E-state index contributed by atoms with van der Waals surface area (Å²) < 4.78 is 24.5. The molecule has 1 aromatic rings. The standard InChI is InChI=1S/C17H25FN2O2S/c1-17(2,20-8-10-23(22)11-9-20)13-19-16(21)7-6-14-4-3-5-15(18)12-14/h3-5,12H,6-11,13H2,1-2H3,(H,19,21). The zero-order valence-electron chi connectivity index (χ0n) is 13.8. The normalized spacial score (nSPS) is 17.2. The van der Waals surface area contributed by atoms with E-state index in [-0.39, 0.29) is 17.3 Å². The SMILES string of the molecule is CC(C)(CNC(=O)CCc1cccc(F)c1)N1CCS(=O)CC1. The maximum Gasteiger partial charge on any atom is 0.220 e. The summed E-state index contributed by atoms with van der Waals surface area (Å²) in [5.41, 5.74) is 0.678. The van der Waals surface area contributed by atoms with Crippen LogP contribution >= 0.6 is 0 Å². The fourth-order valence-corrected chi connectivity index (χ4v) is 3.76. The fraction of sp³-hybridized carbons (Fsp3) is 0.588. The molecule has 1 amide bonds. The Balaban J connectivity index is 1.75. The van der Waals surface area contributed by atoms with Gasteiger partial charge >= 0.3 is 0 Å². The summed E-state index contributed by atoms with van der Waals surface area (Å²) in [7, 11) is -0.694. The van der Waals surface area contributed by atoms with Crippen LogP contribution in [-0.2, 0) is 22.0 Å². The molecule has 0 spiro atoms. The number of amides is 1. The van der Waals surface area contributed by atoms with Gasteiger partial charge in [0.15, 0.2) is 0 Å². The zero-order chi connectivity index (χ0) is 16.9. The molecular weight excluding hydrogens is 315 g/mol. The number of carbonyl (C=O) groups is 1. The number of carbonyl (C=O) groups excluding carboxylic acids is 1. The van der Waals surface area contributed by atoms with Crippen molar-refractivity contribution in [1.29, 1.82) is 0 Å². The second kappa shape index (κ2) is 8.02. The first-order valence-corrected chi connectivity index (χ1v) is 9.47. The van der Waals surface area contributed by atoms with Crippen molar-refractivity contribution in [3.05, 3.63) is 35.6 Å². The highest BCUT2D eigenvalue weighted by atomic mass is 32.2. The van der Waals surface area contributed by atoms with Gasteiger partial charge in [-0.15, -0.1) is 0 Å². The van der Waals surface area contributed by atoms with E-state index in [1.807, 2.05) is 6.07 Å². The number of benzene rings is 1. The van der Waals surface area contributed by atoms with Crippen molar-refractivity contribution in [1.82, 2.24) is 10.2 Å². The number of hydrogen-bond donors (Lipinski definition) is 1. The first-order chi connectivity index (χ1) is 10.9. The number of hydrogen-bond acceptors (Lipinski definition) is 3. The summed E-state index contributed by atoms with van der Waals surface area (Å²) in [6.45, 7) is 6.35. The van der Waals surface area contributed by atoms with Gasteiger partial charge in [0, 0.05) is 53.9 Å². The Morgan fingerprint density at radius 1 is 1.35 bits per heavy atom. The molecule has 23 heavy (non-hydrogen) atoms. The van der Waals surface area contributed by atoms with Crippen LogP contribution in [-0.4, -0.2) is 51.7 Å². The molecular formula is C17H25FN2O2S. The minimum absolute atomic E-state index is 0.0251. The van der Waals surface area contributed by atoms with Gasteiger partial charge in [0.05, 0.1) is 0 Å². The largest absolute Gasteiger partial charge is 0.354 e. The van der Waals surface area contributed by atoms with E-state index in [2.05, 4.69) is 24.1 Å². The molecule has 1 aliphatic heterocycles. The Hall–Kier alpha value is -1.27. The lowest BCUT2D eigenvalue weighted by atomic mass is 10.0. The smallest absolute Gasteiger partial charge is 0.220 e. The summed E-state index contributed by atoms with van der Waals surface area (Å²) in [5.74, 6) is 1.11. The van der Waals surface area contributed by atoms with E-state index in [9.17, 15) is 13.4 Å². The average Bonchev–Trinajstić information content (AvgIpc) is 2.51. The molecule has 1 aromatic carbocycles. The van der Waals surface area contributed by atoms with Crippen LogP contribution in [0.3, 0.4) is 0 Å². The molecule has 0 unspecified atom stereocenters. The summed E-state index contributed by atoms with van der Waals surface area (Å²) in [6.07, 6.45) is 0.885. The van der Waals surface area contributed by atoms with E-state index in [1.165, 1.54) is 12.1 Å². The van der Waals surface area contributed by atoms with Crippen LogP contribution in [0.5, 0.6) is 0 Å². The molecule has 0 bridgehead atoms. The second-order valence-electron chi connectivity index (χ2n) is 6.55. The predicted octanol–water partition coefficient (Wildman–Crippen LogP) is 1.72. The number of nitrogens with one attached hydrogen (secondary N) is 1. The third-order valence-corrected chi connectivity index (χ3v) is 5.56. The molecule has 1 N–H and O–H groups in total. The molecule has 0 atom stereocenters. The van der Waals surface area contributed by atoms with Gasteiger partial charge < -0.3 is 5.32 Å². The lowest BCUT2D eigenvalue weighted by Gasteiger charge is -2.40. The molecule has 1 heterocycles. The highest BCUT2D eigenvalue weighted by Gasteiger charge is 2.29. The van der Waals surface area contributed by atoms with Crippen molar-refractivity contribution in [2.75, 3.05) is 31.1 Å².